The quantitative estimate of drug-likeness (QED) is 0.410. The van der Waals surface area contributed by atoms with Crippen LogP contribution < -0.4 is 15.8 Å². The highest BCUT2D eigenvalue weighted by atomic mass is 35.5. The molecule has 0 aliphatic carbocycles. The number of nitrogens with zero attached hydrogens (tertiary/aromatic N) is 1. The number of carbonyl (C=O) groups excluding carboxylic acids is 2. The highest BCUT2D eigenvalue weighted by Gasteiger charge is 2.26. The van der Waals surface area contributed by atoms with Gasteiger partial charge < -0.3 is 19.6 Å². The lowest BCUT2D eigenvalue weighted by Gasteiger charge is -2.12. The number of pyridine rings is 1. The number of aromatic nitrogens is 1. The van der Waals surface area contributed by atoms with Crippen LogP contribution in [0.15, 0.2) is 65.3 Å². The first-order chi connectivity index (χ1) is 15.4. The summed E-state index contributed by atoms with van der Waals surface area (Å²) in [5.74, 6) is -1.00. The van der Waals surface area contributed by atoms with E-state index in [1.54, 1.807) is 18.2 Å². The van der Waals surface area contributed by atoms with Gasteiger partial charge in [-0.3, -0.25) is 10.3 Å². The fourth-order valence-corrected chi connectivity index (χ4v) is 3.35. The number of halogens is 2. The normalized spacial score (nSPS) is 10.7. The summed E-state index contributed by atoms with van der Waals surface area (Å²) in [7, 11) is 0. The van der Waals surface area contributed by atoms with Gasteiger partial charge in [-0.05, 0) is 23.8 Å². The number of nitrogens with two attached hydrogens (primary N) is 1. The van der Waals surface area contributed by atoms with Gasteiger partial charge in [-0.15, -0.1) is 0 Å². The second-order valence-corrected chi connectivity index (χ2v) is 6.90. The second-order valence-electron chi connectivity index (χ2n) is 6.52. The zero-order valence-corrected chi connectivity index (χ0v) is 17.1. The second kappa shape index (κ2) is 8.94. The lowest BCUT2D eigenvalue weighted by atomic mass is 10.0. The van der Waals surface area contributed by atoms with Crippen LogP contribution in [0.5, 0.6) is 5.75 Å². The van der Waals surface area contributed by atoms with Crippen molar-refractivity contribution < 1.29 is 27.9 Å². The molecule has 32 heavy (non-hydrogen) atoms. The Morgan fingerprint density at radius 3 is 2.66 bits per heavy atom. The van der Waals surface area contributed by atoms with Gasteiger partial charge in [0.05, 0.1) is 22.3 Å². The van der Waals surface area contributed by atoms with Crippen LogP contribution in [0, 0.1) is 5.82 Å². The van der Waals surface area contributed by atoms with Gasteiger partial charge in [-0.25, -0.2) is 14.0 Å². The van der Waals surface area contributed by atoms with E-state index < -0.39 is 18.0 Å². The Labute approximate surface area is 185 Å². The number of carbonyl (C=O) groups is 2. The van der Waals surface area contributed by atoms with E-state index in [-0.39, 0.29) is 40.0 Å². The number of fused-ring (bicyclic) bond motifs is 1. The van der Waals surface area contributed by atoms with E-state index in [0.717, 1.165) is 11.6 Å². The van der Waals surface area contributed by atoms with E-state index in [1.165, 1.54) is 18.5 Å². The Kier molecular flexibility index (Phi) is 5.91. The molecule has 0 fully saturated rings. The zero-order chi connectivity index (χ0) is 22.7. The number of primary amides is 1. The van der Waals surface area contributed by atoms with Crippen LogP contribution in [0.4, 0.5) is 19.9 Å². The predicted molar refractivity (Wildman–Crippen MR) is 115 cm³/mol. The number of anilines is 1. The minimum absolute atomic E-state index is 0.0144. The zero-order valence-electron chi connectivity index (χ0n) is 16.3. The number of hydrogen-bond donors (Lipinski definition) is 2. The fraction of sp³-hybridized carbons (Fsp3) is 0.0455. The molecule has 0 aliphatic rings. The maximum atomic E-state index is 14.3. The van der Waals surface area contributed by atoms with Gasteiger partial charge in [0.15, 0.2) is 5.58 Å². The molecule has 0 saturated carbocycles. The highest BCUT2D eigenvalue weighted by molar-refractivity contribution is 6.34. The monoisotopic (exact) mass is 455 g/mol. The maximum Gasteiger partial charge on any atom is 0.414 e. The lowest BCUT2D eigenvalue weighted by molar-refractivity contribution is 0.154. The van der Waals surface area contributed by atoms with Crippen LogP contribution in [0.3, 0.4) is 0 Å². The maximum absolute atomic E-state index is 14.3. The molecule has 2 heterocycles. The highest BCUT2D eigenvalue weighted by Crippen LogP contribution is 2.46. The molecule has 162 valence electrons. The van der Waals surface area contributed by atoms with E-state index in [9.17, 15) is 14.0 Å². The minimum atomic E-state index is -1.12. The molecule has 4 aromatic rings. The van der Waals surface area contributed by atoms with Crippen LogP contribution in [0.2, 0.25) is 5.02 Å². The summed E-state index contributed by atoms with van der Waals surface area (Å²) in [4.78, 5) is 27.8. The van der Waals surface area contributed by atoms with Gasteiger partial charge in [0.25, 0.3) is 0 Å². The molecule has 2 aromatic heterocycles. The summed E-state index contributed by atoms with van der Waals surface area (Å²) in [5.41, 5.74) is 6.32. The standard InChI is InChI=1S/C22H15ClFN3O5/c23-19-14(24)6-7-15(32-21(25)28)18(19)17-13-8-9-26-10-16(13)31-20(17)27-22(29)30-11-12-4-2-1-3-5-12/h1-10H,11H2,(H2,25,28)(H,27,29). The third-order valence-corrected chi connectivity index (χ3v) is 4.81. The van der Waals surface area contributed by atoms with Gasteiger partial charge in [-0.2, -0.15) is 0 Å². The topological polar surface area (TPSA) is 117 Å². The summed E-state index contributed by atoms with van der Waals surface area (Å²) >= 11 is 6.22. The first-order valence-corrected chi connectivity index (χ1v) is 9.61. The number of benzene rings is 2. The Hall–Kier alpha value is -4.11. The number of rotatable bonds is 5. The molecule has 2 amide bonds. The van der Waals surface area contributed by atoms with Crippen LogP contribution in [-0.4, -0.2) is 17.2 Å². The third-order valence-electron chi connectivity index (χ3n) is 4.44. The summed E-state index contributed by atoms with van der Waals surface area (Å²) in [5, 5.41) is 2.56. The average Bonchev–Trinajstić information content (AvgIpc) is 3.13. The summed E-state index contributed by atoms with van der Waals surface area (Å²) < 4.78 is 30.3. The molecule has 0 unspecified atom stereocenters. The largest absolute Gasteiger partial charge is 0.444 e. The Morgan fingerprint density at radius 1 is 1.12 bits per heavy atom. The molecular weight excluding hydrogens is 441 g/mol. The first-order valence-electron chi connectivity index (χ1n) is 9.24. The van der Waals surface area contributed by atoms with Gasteiger partial charge in [0.1, 0.15) is 18.2 Å². The number of hydrogen-bond acceptors (Lipinski definition) is 6. The molecule has 2 aromatic carbocycles. The number of ether oxygens (including phenoxy) is 2. The molecule has 0 atom stereocenters. The molecule has 0 saturated heterocycles. The van der Waals surface area contributed by atoms with E-state index in [1.807, 2.05) is 18.2 Å². The van der Waals surface area contributed by atoms with Crippen molar-refractivity contribution in [2.45, 2.75) is 6.61 Å². The number of nitrogens with one attached hydrogen (secondary N) is 1. The van der Waals surface area contributed by atoms with Crippen LogP contribution in [0.1, 0.15) is 5.56 Å². The predicted octanol–water partition coefficient (Wildman–Crippen LogP) is 5.49. The van der Waals surface area contributed by atoms with E-state index in [0.29, 0.717) is 5.39 Å². The third kappa shape index (κ3) is 4.33. The number of furan rings is 1. The number of amides is 2. The van der Waals surface area contributed by atoms with Crippen LogP contribution in [-0.2, 0) is 11.3 Å². The molecule has 3 N–H and O–H groups in total. The van der Waals surface area contributed by atoms with Crippen molar-refractivity contribution in [1.82, 2.24) is 4.98 Å². The molecule has 8 nitrogen and oxygen atoms in total. The average molecular weight is 456 g/mol. The molecule has 0 spiro atoms. The van der Waals surface area contributed by atoms with Gasteiger partial charge in [-0.1, -0.05) is 41.9 Å². The van der Waals surface area contributed by atoms with Crippen molar-refractivity contribution in [3.05, 3.63) is 77.3 Å². The SMILES string of the molecule is NC(=O)Oc1ccc(F)c(Cl)c1-c1c(NC(=O)OCc2ccccc2)oc2cnccc12. The van der Waals surface area contributed by atoms with Crippen molar-refractivity contribution in [1.29, 1.82) is 0 Å². The minimum Gasteiger partial charge on any atom is -0.444 e. The summed E-state index contributed by atoms with van der Waals surface area (Å²) in [6.07, 6.45) is 0.925. The van der Waals surface area contributed by atoms with Gasteiger partial charge in [0.2, 0.25) is 5.88 Å². The summed E-state index contributed by atoms with van der Waals surface area (Å²) in [6.45, 7) is 0.0144. The molecule has 10 heteroatoms. The molecule has 0 aliphatic heterocycles. The van der Waals surface area contributed by atoms with Crippen LogP contribution in [0.25, 0.3) is 22.1 Å². The fourth-order valence-electron chi connectivity index (χ4n) is 3.10. The van der Waals surface area contributed by atoms with Crippen molar-refractivity contribution in [3.63, 3.8) is 0 Å². The van der Waals surface area contributed by atoms with Crippen molar-refractivity contribution in [2.75, 3.05) is 5.32 Å². The van der Waals surface area contributed by atoms with Crippen molar-refractivity contribution in [2.24, 2.45) is 5.73 Å². The molecular formula is C22H15ClFN3O5. The lowest BCUT2D eigenvalue weighted by Crippen LogP contribution is -2.17. The van der Waals surface area contributed by atoms with Crippen molar-refractivity contribution >= 4 is 40.6 Å². The van der Waals surface area contributed by atoms with Crippen molar-refractivity contribution in [3.8, 4) is 16.9 Å². The van der Waals surface area contributed by atoms with E-state index in [4.69, 9.17) is 31.2 Å². The Balaban J connectivity index is 1.76. The van der Waals surface area contributed by atoms with Gasteiger partial charge in [0, 0.05) is 11.6 Å². The van der Waals surface area contributed by atoms with Gasteiger partial charge >= 0.3 is 12.2 Å². The van der Waals surface area contributed by atoms with E-state index in [2.05, 4.69) is 10.3 Å². The van der Waals surface area contributed by atoms with Crippen LogP contribution >= 0.6 is 11.6 Å². The Morgan fingerprint density at radius 2 is 1.91 bits per heavy atom. The molecule has 0 bridgehead atoms. The van der Waals surface area contributed by atoms with E-state index >= 15 is 0 Å². The molecule has 4 rings (SSSR count). The smallest absolute Gasteiger partial charge is 0.414 e. The Bertz CT molecular complexity index is 1310. The summed E-state index contributed by atoms with van der Waals surface area (Å²) in [6, 6.07) is 12.8. The first kappa shape index (κ1) is 21.1. The molecule has 0 radical (unpaired) electrons.